The molecule has 1 N–H and O–H groups in total. The highest BCUT2D eigenvalue weighted by Crippen LogP contribution is 2.24. The number of aliphatic imine (C=N–C) groups is 1. The summed E-state index contributed by atoms with van der Waals surface area (Å²) in [6.07, 6.45) is 1.17. The quantitative estimate of drug-likeness (QED) is 0.662. The first kappa shape index (κ1) is 18.2. The van der Waals surface area contributed by atoms with Crippen LogP contribution in [0.4, 0.5) is 0 Å². The number of aromatic nitrogens is 1. The van der Waals surface area contributed by atoms with E-state index in [2.05, 4.69) is 43.3 Å². The Morgan fingerprint density at radius 1 is 1.52 bits per heavy atom. The molecule has 2 rings (SSSR count). The van der Waals surface area contributed by atoms with E-state index in [0.717, 1.165) is 42.9 Å². The number of rotatable bonds is 5. The van der Waals surface area contributed by atoms with Crippen LogP contribution in [0, 0.1) is 5.92 Å². The van der Waals surface area contributed by atoms with Gasteiger partial charge >= 0.3 is 0 Å². The van der Waals surface area contributed by atoms with Crippen molar-refractivity contribution >= 4 is 17.3 Å². The van der Waals surface area contributed by atoms with Gasteiger partial charge in [0.05, 0.1) is 18.8 Å². The van der Waals surface area contributed by atoms with Gasteiger partial charge in [-0.25, -0.2) is 9.98 Å². The topological polar surface area (TPSA) is 49.8 Å². The molecule has 1 aliphatic rings. The minimum atomic E-state index is 0.102. The lowest BCUT2D eigenvalue weighted by atomic mass is 9.93. The summed E-state index contributed by atoms with van der Waals surface area (Å²) < 4.78 is 5.28. The van der Waals surface area contributed by atoms with E-state index in [1.54, 1.807) is 18.4 Å². The van der Waals surface area contributed by atoms with E-state index in [9.17, 15) is 0 Å². The van der Waals surface area contributed by atoms with Crippen LogP contribution in [0.1, 0.15) is 44.8 Å². The minimum Gasteiger partial charge on any atom is -0.384 e. The summed E-state index contributed by atoms with van der Waals surface area (Å²) in [5.41, 5.74) is 1.25. The van der Waals surface area contributed by atoms with Gasteiger partial charge in [0.1, 0.15) is 5.01 Å². The second kappa shape index (κ2) is 8.11. The maximum atomic E-state index is 5.28. The van der Waals surface area contributed by atoms with Gasteiger partial charge in [0.15, 0.2) is 5.96 Å². The van der Waals surface area contributed by atoms with Crippen LogP contribution in [0.2, 0.25) is 0 Å². The molecular formula is C17H30N4OS. The van der Waals surface area contributed by atoms with Gasteiger partial charge in [-0.3, -0.25) is 0 Å². The van der Waals surface area contributed by atoms with Gasteiger partial charge in [-0.05, 0) is 13.3 Å². The van der Waals surface area contributed by atoms with Crippen LogP contribution in [0.25, 0.3) is 0 Å². The molecule has 5 nitrogen and oxygen atoms in total. The third kappa shape index (κ3) is 5.18. The van der Waals surface area contributed by atoms with E-state index in [4.69, 9.17) is 14.7 Å². The zero-order valence-electron chi connectivity index (χ0n) is 15.1. The summed E-state index contributed by atoms with van der Waals surface area (Å²) in [7, 11) is 1.78. The zero-order valence-corrected chi connectivity index (χ0v) is 15.9. The molecule has 1 aromatic heterocycles. The van der Waals surface area contributed by atoms with Gasteiger partial charge in [-0.15, -0.1) is 11.3 Å². The Morgan fingerprint density at radius 3 is 2.91 bits per heavy atom. The summed E-state index contributed by atoms with van der Waals surface area (Å²) >= 11 is 1.70. The first-order valence-electron chi connectivity index (χ1n) is 8.41. The molecule has 1 aliphatic heterocycles. The predicted octanol–water partition coefficient (Wildman–Crippen LogP) is 2.87. The number of nitrogens with zero attached hydrogens (tertiary/aromatic N) is 3. The highest BCUT2D eigenvalue weighted by atomic mass is 32.1. The molecule has 0 radical (unpaired) electrons. The molecule has 2 heterocycles. The fourth-order valence-corrected chi connectivity index (χ4v) is 3.64. The van der Waals surface area contributed by atoms with E-state index < -0.39 is 0 Å². The third-order valence-electron chi connectivity index (χ3n) is 4.01. The zero-order chi connectivity index (χ0) is 16.9. The van der Waals surface area contributed by atoms with Gasteiger partial charge in [-0.1, -0.05) is 20.8 Å². The van der Waals surface area contributed by atoms with Crippen molar-refractivity contribution in [3.8, 4) is 0 Å². The largest absolute Gasteiger partial charge is 0.384 e. The van der Waals surface area contributed by atoms with Crippen LogP contribution in [-0.4, -0.2) is 49.2 Å². The number of guanidine groups is 1. The first-order chi connectivity index (χ1) is 10.9. The summed E-state index contributed by atoms with van der Waals surface area (Å²) in [5.74, 6) is 1.61. The van der Waals surface area contributed by atoms with Gasteiger partial charge < -0.3 is 15.0 Å². The molecule has 0 aliphatic carbocycles. The molecule has 1 aromatic rings. The molecule has 0 spiro atoms. The van der Waals surface area contributed by atoms with Crippen molar-refractivity contribution in [3.05, 3.63) is 16.1 Å². The number of ether oxygens (including phenoxy) is 1. The van der Waals surface area contributed by atoms with E-state index in [1.807, 2.05) is 0 Å². The monoisotopic (exact) mass is 338 g/mol. The molecule has 1 atom stereocenters. The van der Waals surface area contributed by atoms with Crippen LogP contribution in [0.5, 0.6) is 0 Å². The predicted molar refractivity (Wildman–Crippen MR) is 97.2 cm³/mol. The van der Waals surface area contributed by atoms with Crippen LogP contribution in [-0.2, 0) is 16.7 Å². The number of hydrogen-bond acceptors (Lipinski definition) is 4. The Kier molecular flexibility index (Phi) is 6.41. The minimum absolute atomic E-state index is 0.102. The van der Waals surface area contributed by atoms with E-state index in [0.29, 0.717) is 12.5 Å². The highest BCUT2D eigenvalue weighted by molar-refractivity contribution is 7.09. The van der Waals surface area contributed by atoms with Crippen LogP contribution in [0.3, 0.4) is 0 Å². The molecule has 1 saturated heterocycles. The lowest BCUT2D eigenvalue weighted by Gasteiger charge is -2.21. The van der Waals surface area contributed by atoms with Gasteiger partial charge in [-0.2, -0.15) is 0 Å². The number of hydrogen-bond donors (Lipinski definition) is 1. The molecule has 23 heavy (non-hydrogen) atoms. The fourth-order valence-electron chi connectivity index (χ4n) is 2.69. The number of methoxy groups -OCH3 is 1. The van der Waals surface area contributed by atoms with Crippen LogP contribution >= 0.6 is 11.3 Å². The first-order valence-corrected chi connectivity index (χ1v) is 9.29. The molecule has 0 aromatic carbocycles. The maximum absolute atomic E-state index is 5.28. The summed E-state index contributed by atoms with van der Waals surface area (Å²) in [6, 6.07) is 0. The normalized spacial score (nSPS) is 19.4. The number of nitrogens with one attached hydrogen (secondary N) is 1. The smallest absolute Gasteiger partial charge is 0.194 e. The molecule has 1 unspecified atom stereocenters. The molecule has 0 bridgehead atoms. The molecule has 0 saturated carbocycles. The van der Waals surface area contributed by atoms with Gasteiger partial charge in [0, 0.05) is 43.5 Å². The summed E-state index contributed by atoms with van der Waals surface area (Å²) in [5, 5.41) is 6.64. The molecule has 1 fully saturated rings. The number of likely N-dealkylation sites (tertiary alicyclic amines) is 1. The number of thiazole rings is 1. The van der Waals surface area contributed by atoms with E-state index in [1.165, 1.54) is 6.42 Å². The standard InChI is InChI=1S/C17H30N4OS/c1-6-18-16(21-8-7-13(10-21)11-22-5)19-9-15-20-14(12-23-15)17(2,3)4/h12-13H,6-11H2,1-5H3,(H,18,19). The maximum Gasteiger partial charge on any atom is 0.194 e. The van der Waals surface area contributed by atoms with Crippen molar-refractivity contribution in [3.63, 3.8) is 0 Å². The second-order valence-corrected chi connectivity index (χ2v) is 8.05. The Hall–Kier alpha value is -1.14. The van der Waals surface area contributed by atoms with E-state index >= 15 is 0 Å². The molecule has 130 valence electrons. The highest BCUT2D eigenvalue weighted by Gasteiger charge is 2.24. The summed E-state index contributed by atoms with van der Waals surface area (Å²) in [4.78, 5) is 11.9. The lowest BCUT2D eigenvalue weighted by Crippen LogP contribution is -2.40. The van der Waals surface area contributed by atoms with Crippen molar-refractivity contribution in [1.29, 1.82) is 0 Å². The average Bonchev–Trinajstić information content (AvgIpc) is 3.12. The average molecular weight is 339 g/mol. The Labute approximate surface area is 144 Å². The van der Waals surface area contributed by atoms with Gasteiger partial charge in [0.2, 0.25) is 0 Å². The SMILES string of the molecule is CCNC(=NCc1nc(C(C)(C)C)cs1)N1CCC(COC)C1. The molecule has 0 amide bonds. The fraction of sp³-hybridized carbons (Fsp3) is 0.765. The van der Waals surface area contributed by atoms with E-state index in [-0.39, 0.29) is 5.41 Å². The van der Waals surface area contributed by atoms with Crippen LogP contribution in [0.15, 0.2) is 10.4 Å². The molecular weight excluding hydrogens is 308 g/mol. The Balaban J connectivity index is 2.00. The third-order valence-corrected chi connectivity index (χ3v) is 4.84. The molecule has 6 heteroatoms. The van der Waals surface area contributed by atoms with Gasteiger partial charge in [0.25, 0.3) is 0 Å². The Bertz CT molecular complexity index is 521. The second-order valence-electron chi connectivity index (χ2n) is 7.10. The summed E-state index contributed by atoms with van der Waals surface area (Å²) in [6.45, 7) is 13.1. The van der Waals surface area contributed by atoms with Crippen molar-refractivity contribution in [2.75, 3.05) is 33.4 Å². The Morgan fingerprint density at radius 2 is 2.30 bits per heavy atom. The van der Waals surface area contributed by atoms with Crippen molar-refractivity contribution in [2.24, 2.45) is 10.9 Å². The van der Waals surface area contributed by atoms with Crippen molar-refractivity contribution in [1.82, 2.24) is 15.2 Å². The van der Waals surface area contributed by atoms with Crippen molar-refractivity contribution in [2.45, 2.75) is 46.1 Å². The van der Waals surface area contributed by atoms with Crippen LogP contribution < -0.4 is 5.32 Å². The van der Waals surface area contributed by atoms with Crippen molar-refractivity contribution < 1.29 is 4.74 Å². The lowest BCUT2D eigenvalue weighted by molar-refractivity contribution is 0.157.